The van der Waals surface area contributed by atoms with Gasteiger partial charge in [-0.2, -0.15) is 0 Å². The topological polar surface area (TPSA) is 0 Å². The predicted molar refractivity (Wildman–Crippen MR) is 66.6 cm³/mol. The summed E-state index contributed by atoms with van der Waals surface area (Å²) in [6, 6.07) is 0. The van der Waals surface area contributed by atoms with Gasteiger partial charge in [0, 0.05) is 0 Å². The van der Waals surface area contributed by atoms with Crippen molar-refractivity contribution in [3.63, 3.8) is 0 Å². The number of hydrogen-bond acceptors (Lipinski definition) is 0. The van der Waals surface area contributed by atoms with Crippen LogP contribution >= 0.6 is 0 Å². The first-order chi connectivity index (χ1) is 5.85. The molecule has 0 aliphatic rings. The van der Waals surface area contributed by atoms with Gasteiger partial charge in [0.05, 0.1) is 0 Å². The molecule has 0 fully saturated rings. The molecule has 0 spiro atoms. The molecule has 0 bridgehead atoms. The van der Waals surface area contributed by atoms with Gasteiger partial charge in [-0.25, -0.2) is 0 Å². The summed E-state index contributed by atoms with van der Waals surface area (Å²) in [4.78, 5) is 0. The molecule has 0 amide bonds. The summed E-state index contributed by atoms with van der Waals surface area (Å²) in [6.45, 7) is 5.57. The van der Waals surface area contributed by atoms with Crippen molar-refractivity contribution < 1.29 is 0 Å². The normalized spacial score (nSPS) is 8.75. The van der Waals surface area contributed by atoms with Crippen LogP contribution in [0.4, 0.5) is 0 Å². The van der Waals surface area contributed by atoms with Crippen molar-refractivity contribution in [3.05, 3.63) is 12.1 Å². The summed E-state index contributed by atoms with van der Waals surface area (Å²) in [6.07, 6.45) is 1.99. The van der Waals surface area contributed by atoms with Crippen molar-refractivity contribution in [2.45, 2.75) is 6.92 Å². The zero-order valence-corrected chi connectivity index (χ0v) is 7.35. The van der Waals surface area contributed by atoms with Gasteiger partial charge in [-0.15, -0.1) is 0 Å². The molecule has 0 saturated heterocycles. The fourth-order valence-corrected chi connectivity index (χ4v) is 0.800. The van der Waals surface area contributed by atoms with Gasteiger partial charge < -0.3 is 0 Å². The van der Waals surface area contributed by atoms with E-state index in [9.17, 15) is 0 Å². The Kier molecular flexibility index (Phi) is 9.67. The Balaban J connectivity index is 3.69. The molecule has 0 atom stereocenters. The van der Waals surface area contributed by atoms with E-state index in [1.54, 1.807) is 0 Å². The van der Waals surface area contributed by atoms with Gasteiger partial charge in [0.25, 0.3) is 0 Å². The first-order valence-electron chi connectivity index (χ1n) is 3.91. The molecule has 0 rings (SSSR count). The molecule has 0 N–H and O–H groups in total. The van der Waals surface area contributed by atoms with Gasteiger partial charge in [0.2, 0.25) is 0 Å². The van der Waals surface area contributed by atoms with Crippen LogP contribution in [0.1, 0.15) is 6.92 Å². The summed E-state index contributed by atoms with van der Waals surface area (Å²) in [5.41, 5.74) is 0. The van der Waals surface area contributed by atoms with E-state index >= 15 is 0 Å². The van der Waals surface area contributed by atoms with Gasteiger partial charge in [0.1, 0.15) is 0 Å². The average molecular weight is 138 g/mol. The number of allylic oxidation sites excluding steroid dienone is 1. The summed E-state index contributed by atoms with van der Waals surface area (Å²) in [5.74, 6) is 2.06. The quantitative estimate of drug-likeness (QED) is 0.360. The molecular formula is C3H5B9. The fourth-order valence-electron chi connectivity index (χ4n) is 0.800. The van der Waals surface area contributed by atoms with Crippen molar-refractivity contribution >= 4 is 63.6 Å². The summed E-state index contributed by atoms with van der Waals surface area (Å²) < 4.78 is 0. The van der Waals surface area contributed by atoms with Crippen molar-refractivity contribution in [1.82, 2.24) is 0 Å². The summed E-state index contributed by atoms with van der Waals surface area (Å²) >= 11 is 0. The van der Waals surface area contributed by atoms with Crippen molar-refractivity contribution in [2.75, 3.05) is 0 Å². The van der Waals surface area contributed by atoms with Gasteiger partial charge in [-0.3, -0.25) is 0 Å². The third-order valence-electron chi connectivity index (χ3n) is 1.30. The maximum atomic E-state index is 5.21. The Bertz CT molecular complexity index is 141. The molecule has 44 valence electrons. The van der Waals surface area contributed by atoms with Crippen LogP contribution in [0.25, 0.3) is 0 Å². The van der Waals surface area contributed by atoms with E-state index in [4.69, 9.17) is 15.5 Å². The van der Waals surface area contributed by atoms with Crippen molar-refractivity contribution in [3.8, 4) is 0 Å². The van der Waals surface area contributed by atoms with E-state index in [-0.39, 0.29) is 6.49 Å². The number of rotatable bonds is 6. The molecule has 8 radical (unpaired) electrons. The van der Waals surface area contributed by atoms with Crippen LogP contribution in [0.3, 0.4) is 0 Å². The van der Waals surface area contributed by atoms with Crippen LogP contribution in [0.5, 0.6) is 0 Å². The third-order valence-corrected chi connectivity index (χ3v) is 1.30. The average Bonchev–Trinajstić information content (AvgIpc) is 2.10. The molecule has 0 aliphatic heterocycles. The van der Waals surface area contributed by atoms with Crippen LogP contribution in [0.15, 0.2) is 12.1 Å². The molecule has 0 heterocycles. The van der Waals surface area contributed by atoms with Crippen LogP contribution in [0, 0.1) is 0 Å². The third kappa shape index (κ3) is 7.00. The van der Waals surface area contributed by atoms with E-state index in [0.717, 1.165) is 0 Å². The molecule has 0 aromatic carbocycles. The Labute approximate surface area is 83.0 Å². The standard InChI is InChI=1S/C3H5B9/c1-2-3-12(10-8-6-4)11-9-7-5/h2-3H,1H3. The molecule has 0 aromatic heterocycles. The fraction of sp³-hybridized carbons (Fsp3) is 0.333. The van der Waals surface area contributed by atoms with E-state index in [0.29, 0.717) is 0 Å². The predicted octanol–water partition coefficient (Wildman–Crippen LogP) is -2.36. The Hall–Kier alpha value is 0.324. The molecular weight excluding hydrogens is 133 g/mol. The molecule has 0 aliphatic carbocycles. The molecule has 9 heteroatoms. The summed E-state index contributed by atoms with van der Waals surface area (Å²) in [5, 5.41) is 0. The van der Waals surface area contributed by atoms with E-state index in [1.165, 1.54) is 13.8 Å². The molecule has 0 nitrogen and oxygen atoms in total. The Morgan fingerprint density at radius 2 is 2.00 bits per heavy atom. The van der Waals surface area contributed by atoms with E-state index in [2.05, 4.69) is 5.98 Å². The molecule has 12 heavy (non-hydrogen) atoms. The second-order valence-corrected chi connectivity index (χ2v) is 2.26. The van der Waals surface area contributed by atoms with Crippen LogP contribution in [-0.4, -0.2) is 63.6 Å². The Morgan fingerprint density at radius 3 is 2.50 bits per heavy atom. The minimum atomic E-state index is 0.273. The van der Waals surface area contributed by atoms with Crippen LogP contribution in [0.2, 0.25) is 0 Å². The maximum absolute atomic E-state index is 5.21. The summed E-state index contributed by atoms with van der Waals surface area (Å²) in [7, 11) is 17.7. The minimum absolute atomic E-state index is 0.273. The van der Waals surface area contributed by atoms with Gasteiger partial charge >= 0.3 is 82.6 Å². The molecule has 0 aromatic rings. The first-order valence-corrected chi connectivity index (χ1v) is 3.91. The Morgan fingerprint density at radius 1 is 1.25 bits per heavy atom. The second-order valence-electron chi connectivity index (χ2n) is 2.26. The van der Waals surface area contributed by atoms with E-state index in [1.807, 2.05) is 40.9 Å². The van der Waals surface area contributed by atoms with Crippen molar-refractivity contribution in [1.29, 1.82) is 0 Å². The molecule has 0 saturated carbocycles. The van der Waals surface area contributed by atoms with Crippen LogP contribution < -0.4 is 0 Å². The first kappa shape index (κ1) is 12.3. The van der Waals surface area contributed by atoms with Gasteiger partial charge in [-0.05, 0) is 0 Å². The van der Waals surface area contributed by atoms with E-state index < -0.39 is 0 Å². The van der Waals surface area contributed by atoms with Gasteiger partial charge in [0.15, 0.2) is 0 Å². The van der Waals surface area contributed by atoms with Crippen LogP contribution in [-0.2, 0) is 0 Å². The van der Waals surface area contributed by atoms with Gasteiger partial charge in [-0.1, -0.05) is 0 Å². The monoisotopic (exact) mass is 140 g/mol. The molecule has 0 unspecified atom stereocenters. The SMILES string of the molecule is [B][B][B][B]B([B]B=B[B])C=CC. The second kappa shape index (κ2) is 9.41. The zero-order chi connectivity index (χ0) is 9.23. The zero-order valence-electron chi connectivity index (χ0n) is 7.35. The van der Waals surface area contributed by atoms with Crippen molar-refractivity contribution in [2.24, 2.45) is 0 Å². The number of hydrogen-bond donors (Lipinski definition) is 0.